The van der Waals surface area contributed by atoms with Crippen LogP contribution in [0.25, 0.3) is 0 Å². The van der Waals surface area contributed by atoms with Gasteiger partial charge in [0.25, 0.3) is 11.8 Å². The Morgan fingerprint density at radius 1 is 0.931 bits per heavy atom. The van der Waals surface area contributed by atoms with Gasteiger partial charge in [-0.2, -0.15) is 0 Å². The maximum Gasteiger partial charge on any atom is 0.338 e. The fraction of sp³-hybridized carbons (Fsp3) is 0.136. The standard InChI is InChI=1S/C22H20N2O4S/c25-20(23-12-11-16-6-2-1-3-7-16)15-28-22(27)17-8-4-9-18(14-17)24-21(26)19-10-5-13-29-19/h1-10,13-14H,11-12,15H2,(H,23,25)(H,24,26). The van der Waals surface area contributed by atoms with E-state index in [1.807, 2.05) is 35.7 Å². The molecule has 0 saturated carbocycles. The van der Waals surface area contributed by atoms with Crippen LogP contribution in [0.2, 0.25) is 0 Å². The van der Waals surface area contributed by atoms with Gasteiger partial charge >= 0.3 is 5.97 Å². The molecule has 1 heterocycles. The number of anilines is 1. The number of hydrogen-bond donors (Lipinski definition) is 2. The molecule has 3 rings (SSSR count). The Bertz CT molecular complexity index is 971. The van der Waals surface area contributed by atoms with Crippen molar-refractivity contribution in [2.45, 2.75) is 6.42 Å². The number of carbonyl (C=O) groups is 3. The van der Waals surface area contributed by atoms with Gasteiger partial charge in [-0.25, -0.2) is 4.79 Å². The molecule has 0 unspecified atom stereocenters. The third-order valence-corrected chi connectivity index (χ3v) is 4.88. The smallest absolute Gasteiger partial charge is 0.338 e. The molecule has 0 spiro atoms. The SMILES string of the molecule is O=C(COC(=O)c1cccc(NC(=O)c2cccs2)c1)NCCc1ccccc1. The van der Waals surface area contributed by atoms with E-state index >= 15 is 0 Å². The van der Waals surface area contributed by atoms with Gasteiger partial charge in [0.2, 0.25) is 0 Å². The zero-order valence-corrected chi connectivity index (χ0v) is 16.4. The molecule has 0 aliphatic carbocycles. The molecule has 29 heavy (non-hydrogen) atoms. The summed E-state index contributed by atoms with van der Waals surface area (Å²) in [6.45, 7) is 0.101. The minimum Gasteiger partial charge on any atom is -0.452 e. The lowest BCUT2D eigenvalue weighted by molar-refractivity contribution is -0.124. The number of carbonyl (C=O) groups excluding carboxylic acids is 3. The van der Waals surface area contributed by atoms with E-state index in [4.69, 9.17) is 4.74 Å². The summed E-state index contributed by atoms with van der Waals surface area (Å²) in [6, 6.07) is 19.7. The quantitative estimate of drug-likeness (QED) is 0.559. The fourth-order valence-corrected chi connectivity index (χ4v) is 3.20. The van der Waals surface area contributed by atoms with Crippen LogP contribution in [0.4, 0.5) is 5.69 Å². The molecule has 0 aliphatic rings. The molecule has 148 valence electrons. The second-order valence-corrected chi connectivity index (χ2v) is 7.12. The number of amides is 2. The second-order valence-electron chi connectivity index (χ2n) is 6.17. The Kier molecular flexibility index (Phi) is 7.13. The first-order valence-electron chi connectivity index (χ1n) is 9.04. The van der Waals surface area contributed by atoms with Crippen LogP contribution >= 0.6 is 11.3 Å². The van der Waals surface area contributed by atoms with E-state index in [-0.39, 0.29) is 24.0 Å². The highest BCUT2D eigenvalue weighted by Gasteiger charge is 2.12. The van der Waals surface area contributed by atoms with Crippen molar-refractivity contribution < 1.29 is 19.1 Å². The summed E-state index contributed by atoms with van der Waals surface area (Å²) in [4.78, 5) is 36.7. The number of rotatable bonds is 8. The van der Waals surface area contributed by atoms with Crippen molar-refractivity contribution in [2.75, 3.05) is 18.5 Å². The van der Waals surface area contributed by atoms with E-state index in [1.54, 1.807) is 30.3 Å². The van der Waals surface area contributed by atoms with Crippen LogP contribution in [0.5, 0.6) is 0 Å². The van der Waals surface area contributed by atoms with Crippen LogP contribution in [-0.4, -0.2) is 30.9 Å². The lowest BCUT2D eigenvalue weighted by Gasteiger charge is -2.08. The van der Waals surface area contributed by atoms with Crippen LogP contribution in [0.15, 0.2) is 72.1 Å². The lowest BCUT2D eigenvalue weighted by atomic mass is 10.1. The largest absolute Gasteiger partial charge is 0.452 e. The van der Waals surface area contributed by atoms with E-state index in [9.17, 15) is 14.4 Å². The Hall–Kier alpha value is -3.45. The van der Waals surface area contributed by atoms with Gasteiger partial charge in [-0.1, -0.05) is 42.5 Å². The van der Waals surface area contributed by atoms with Crippen molar-refractivity contribution in [1.29, 1.82) is 0 Å². The van der Waals surface area contributed by atoms with Crippen molar-refractivity contribution in [3.05, 3.63) is 88.1 Å². The van der Waals surface area contributed by atoms with Crippen molar-refractivity contribution >= 4 is 34.8 Å². The van der Waals surface area contributed by atoms with Gasteiger partial charge in [0.1, 0.15) is 0 Å². The van der Waals surface area contributed by atoms with Crippen molar-refractivity contribution in [1.82, 2.24) is 5.32 Å². The zero-order chi connectivity index (χ0) is 20.5. The van der Waals surface area contributed by atoms with Crippen LogP contribution in [0, 0.1) is 0 Å². The number of nitrogens with one attached hydrogen (secondary N) is 2. The van der Waals surface area contributed by atoms with E-state index in [0.29, 0.717) is 23.5 Å². The molecule has 2 aromatic carbocycles. The van der Waals surface area contributed by atoms with Gasteiger partial charge < -0.3 is 15.4 Å². The van der Waals surface area contributed by atoms with Crippen LogP contribution in [0.3, 0.4) is 0 Å². The summed E-state index contributed by atoms with van der Waals surface area (Å²) in [6.07, 6.45) is 0.701. The molecule has 2 N–H and O–H groups in total. The summed E-state index contributed by atoms with van der Waals surface area (Å²) in [5.74, 6) is -1.24. The van der Waals surface area contributed by atoms with Gasteiger partial charge in [-0.15, -0.1) is 11.3 Å². The summed E-state index contributed by atoms with van der Waals surface area (Å²) in [7, 11) is 0. The van der Waals surface area contributed by atoms with Gasteiger partial charge in [0.05, 0.1) is 10.4 Å². The predicted molar refractivity (Wildman–Crippen MR) is 112 cm³/mol. The van der Waals surface area contributed by atoms with Gasteiger partial charge in [0.15, 0.2) is 6.61 Å². The molecule has 0 aliphatic heterocycles. The highest BCUT2D eigenvalue weighted by Crippen LogP contribution is 2.15. The Balaban J connectivity index is 1.45. The first-order chi connectivity index (χ1) is 14.1. The van der Waals surface area contributed by atoms with Gasteiger partial charge in [-0.05, 0) is 41.6 Å². The number of ether oxygens (including phenoxy) is 1. The van der Waals surface area contributed by atoms with E-state index in [0.717, 1.165) is 5.56 Å². The summed E-state index contributed by atoms with van der Waals surface area (Å²) < 4.78 is 5.06. The maximum atomic E-state index is 12.2. The first-order valence-corrected chi connectivity index (χ1v) is 9.92. The molecular formula is C22H20N2O4S. The Morgan fingerprint density at radius 2 is 1.76 bits per heavy atom. The molecular weight excluding hydrogens is 388 g/mol. The molecule has 6 nitrogen and oxygen atoms in total. The van der Waals surface area contributed by atoms with Crippen molar-refractivity contribution in [3.63, 3.8) is 0 Å². The number of esters is 1. The van der Waals surface area contributed by atoms with Crippen LogP contribution < -0.4 is 10.6 Å². The summed E-state index contributed by atoms with van der Waals surface area (Å²) in [5.41, 5.74) is 1.85. The molecule has 0 atom stereocenters. The monoisotopic (exact) mass is 408 g/mol. The van der Waals surface area contributed by atoms with Crippen LogP contribution in [-0.2, 0) is 16.0 Å². The Labute approximate surface area is 172 Å². The molecule has 0 bridgehead atoms. The molecule has 1 aromatic heterocycles. The third-order valence-electron chi connectivity index (χ3n) is 4.01. The molecule has 0 fully saturated rings. The fourth-order valence-electron chi connectivity index (χ4n) is 2.58. The number of hydrogen-bond acceptors (Lipinski definition) is 5. The first kappa shape index (κ1) is 20.3. The van der Waals surface area contributed by atoms with E-state index < -0.39 is 5.97 Å². The molecule has 0 radical (unpaired) electrons. The molecule has 3 aromatic rings. The van der Waals surface area contributed by atoms with Crippen molar-refractivity contribution in [2.24, 2.45) is 0 Å². The van der Waals surface area contributed by atoms with Crippen molar-refractivity contribution in [3.8, 4) is 0 Å². The minimum absolute atomic E-state index is 0.247. The maximum absolute atomic E-state index is 12.2. The third kappa shape index (κ3) is 6.29. The average Bonchev–Trinajstić information content (AvgIpc) is 3.28. The van der Waals surface area contributed by atoms with E-state index in [1.165, 1.54) is 17.4 Å². The summed E-state index contributed by atoms with van der Waals surface area (Å²) in [5, 5.41) is 7.26. The average molecular weight is 408 g/mol. The number of thiophene rings is 1. The highest BCUT2D eigenvalue weighted by atomic mass is 32.1. The second kappa shape index (κ2) is 10.2. The molecule has 7 heteroatoms. The topological polar surface area (TPSA) is 84.5 Å². The predicted octanol–water partition coefficient (Wildman–Crippen LogP) is 3.52. The van der Waals surface area contributed by atoms with Crippen LogP contribution in [0.1, 0.15) is 25.6 Å². The van der Waals surface area contributed by atoms with Gasteiger partial charge in [0, 0.05) is 12.2 Å². The Morgan fingerprint density at radius 3 is 2.52 bits per heavy atom. The highest BCUT2D eigenvalue weighted by molar-refractivity contribution is 7.12. The minimum atomic E-state index is -0.629. The normalized spacial score (nSPS) is 10.2. The summed E-state index contributed by atoms with van der Waals surface area (Å²) >= 11 is 1.33. The van der Waals surface area contributed by atoms with E-state index in [2.05, 4.69) is 10.6 Å². The molecule has 0 saturated heterocycles. The zero-order valence-electron chi connectivity index (χ0n) is 15.6. The number of benzene rings is 2. The lowest BCUT2D eigenvalue weighted by Crippen LogP contribution is -2.30. The molecule has 2 amide bonds. The van der Waals surface area contributed by atoms with Gasteiger partial charge in [-0.3, -0.25) is 9.59 Å².